The van der Waals surface area contributed by atoms with Crippen molar-refractivity contribution in [3.05, 3.63) is 11.8 Å². The van der Waals surface area contributed by atoms with E-state index < -0.39 is 12.2 Å². The number of aromatic nitrogens is 2. The van der Waals surface area contributed by atoms with Gasteiger partial charge in [-0.1, -0.05) is 12.8 Å². The molecule has 2 heterocycles. The summed E-state index contributed by atoms with van der Waals surface area (Å²) in [5, 5.41) is 7.36. The first-order chi connectivity index (χ1) is 8.95. The maximum Gasteiger partial charge on any atom is 0.410 e. The fourth-order valence-electron chi connectivity index (χ4n) is 3.20. The van der Waals surface area contributed by atoms with E-state index in [9.17, 15) is 13.2 Å². The largest absolute Gasteiger partial charge is 0.410 e. The van der Waals surface area contributed by atoms with Crippen LogP contribution in [-0.4, -0.2) is 22.0 Å². The third-order valence-electron chi connectivity index (χ3n) is 4.17. The summed E-state index contributed by atoms with van der Waals surface area (Å²) in [6, 6.07) is 0.144. The van der Waals surface area contributed by atoms with E-state index in [0.29, 0.717) is 11.7 Å². The monoisotopic (exact) mass is 273 g/mol. The first-order valence-electron chi connectivity index (χ1n) is 6.88. The average molecular weight is 273 g/mol. The smallest absolute Gasteiger partial charge is 0.368 e. The van der Waals surface area contributed by atoms with Gasteiger partial charge in [0.2, 0.25) is 0 Å². The zero-order chi connectivity index (χ0) is 13.6. The van der Waals surface area contributed by atoms with Gasteiger partial charge in [-0.3, -0.25) is 0 Å². The Morgan fingerprint density at radius 3 is 2.63 bits per heavy atom. The van der Waals surface area contributed by atoms with Gasteiger partial charge in [-0.25, -0.2) is 4.68 Å². The van der Waals surface area contributed by atoms with Gasteiger partial charge in [-0.2, -0.15) is 18.3 Å². The van der Waals surface area contributed by atoms with E-state index in [2.05, 4.69) is 10.4 Å². The normalized spacial score (nSPS) is 28.2. The predicted octanol–water partition coefficient (Wildman–Crippen LogP) is 3.85. The maximum absolute atomic E-state index is 13.1. The lowest BCUT2D eigenvalue weighted by atomic mass is 10.0. The summed E-state index contributed by atoms with van der Waals surface area (Å²) in [6.07, 6.45) is 0.205. The van der Waals surface area contributed by atoms with Crippen LogP contribution in [0.1, 0.15) is 56.7 Å². The van der Waals surface area contributed by atoms with Gasteiger partial charge < -0.3 is 5.32 Å². The molecule has 0 aromatic carbocycles. The van der Waals surface area contributed by atoms with Crippen LogP contribution in [0.25, 0.3) is 0 Å². The van der Waals surface area contributed by atoms with Gasteiger partial charge in [-0.05, 0) is 26.2 Å². The van der Waals surface area contributed by atoms with Crippen molar-refractivity contribution in [3.63, 3.8) is 0 Å². The Kier molecular flexibility index (Phi) is 2.98. The fraction of sp³-hybridized carbons (Fsp3) is 0.769. The maximum atomic E-state index is 13.1. The van der Waals surface area contributed by atoms with Crippen LogP contribution in [0.5, 0.6) is 0 Å². The van der Waals surface area contributed by atoms with E-state index in [-0.39, 0.29) is 12.5 Å². The minimum Gasteiger partial charge on any atom is -0.368 e. The lowest BCUT2D eigenvalue weighted by Gasteiger charge is -2.31. The van der Waals surface area contributed by atoms with Crippen LogP contribution in [0.3, 0.4) is 0 Å². The van der Waals surface area contributed by atoms with E-state index in [1.807, 2.05) is 6.07 Å². The molecular formula is C13H18F3N3. The average Bonchev–Trinajstić information content (AvgIpc) is 2.93. The molecule has 1 N–H and O–H groups in total. The third-order valence-corrected chi connectivity index (χ3v) is 4.17. The number of fused-ring (bicyclic) bond motifs is 1. The molecular weight excluding hydrogens is 255 g/mol. The number of hydrogen-bond acceptors (Lipinski definition) is 2. The summed E-state index contributed by atoms with van der Waals surface area (Å²) < 4.78 is 40.4. The highest BCUT2D eigenvalue weighted by atomic mass is 19.4. The molecule has 6 heteroatoms. The third kappa shape index (κ3) is 2.32. The topological polar surface area (TPSA) is 29.9 Å². The molecule has 106 valence electrons. The zero-order valence-electron chi connectivity index (χ0n) is 10.9. The number of hydrogen-bond donors (Lipinski definition) is 1. The van der Waals surface area contributed by atoms with Crippen molar-refractivity contribution in [1.29, 1.82) is 0 Å². The Morgan fingerprint density at radius 2 is 2.00 bits per heavy atom. The van der Waals surface area contributed by atoms with E-state index in [0.717, 1.165) is 36.1 Å². The minimum absolute atomic E-state index is 0.0439. The minimum atomic E-state index is -4.23. The van der Waals surface area contributed by atoms with Gasteiger partial charge in [0.05, 0.1) is 5.69 Å². The predicted molar refractivity (Wildman–Crippen MR) is 66.2 cm³/mol. The molecule has 2 aliphatic rings. The molecule has 2 atom stereocenters. The van der Waals surface area contributed by atoms with Crippen molar-refractivity contribution < 1.29 is 13.2 Å². The van der Waals surface area contributed by atoms with Crippen molar-refractivity contribution in [2.24, 2.45) is 0 Å². The summed E-state index contributed by atoms with van der Waals surface area (Å²) in [5.41, 5.74) is 0.823. The molecule has 0 bridgehead atoms. The number of alkyl halides is 3. The molecule has 0 radical (unpaired) electrons. The standard InChI is InChI=1S/C13H18F3N3/c1-8-6-11(13(14,15)16)19-12(17-8)7-10(18-19)9-4-2-3-5-9/h7-9,11,17H,2-6H2,1H3. The van der Waals surface area contributed by atoms with Gasteiger partial charge in [-0.15, -0.1) is 0 Å². The van der Waals surface area contributed by atoms with E-state index in [1.54, 1.807) is 6.92 Å². The molecule has 1 aromatic heterocycles. The van der Waals surface area contributed by atoms with Crippen molar-refractivity contribution >= 4 is 5.82 Å². The highest BCUT2D eigenvalue weighted by Gasteiger charge is 2.45. The molecule has 0 spiro atoms. The molecule has 1 saturated carbocycles. The van der Waals surface area contributed by atoms with Crippen molar-refractivity contribution in [1.82, 2.24) is 9.78 Å². The second-order valence-corrected chi connectivity index (χ2v) is 5.72. The van der Waals surface area contributed by atoms with Crippen LogP contribution in [0.4, 0.5) is 19.0 Å². The Hall–Kier alpha value is -1.20. The van der Waals surface area contributed by atoms with Gasteiger partial charge >= 0.3 is 6.18 Å². The molecule has 0 saturated heterocycles. The zero-order valence-corrected chi connectivity index (χ0v) is 10.9. The van der Waals surface area contributed by atoms with Crippen molar-refractivity contribution in [3.8, 4) is 0 Å². The molecule has 1 aliphatic carbocycles. The van der Waals surface area contributed by atoms with E-state index >= 15 is 0 Å². The van der Waals surface area contributed by atoms with Gasteiger partial charge in [0.15, 0.2) is 6.04 Å². The quantitative estimate of drug-likeness (QED) is 0.842. The number of nitrogens with zero attached hydrogens (tertiary/aromatic N) is 2. The summed E-state index contributed by atoms with van der Waals surface area (Å²) in [5.74, 6) is 0.854. The Balaban J connectivity index is 1.94. The molecule has 19 heavy (non-hydrogen) atoms. The van der Waals surface area contributed by atoms with E-state index in [1.165, 1.54) is 0 Å². The van der Waals surface area contributed by atoms with E-state index in [4.69, 9.17) is 0 Å². The van der Waals surface area contributed by atoms with Crippen LogP contribution < -0.4 is 5.32 Å². The first kappa shape index (κ1) is 12.8. The SMILES string of the molecule is CC1CC(C(F)(F)F)n2nc(C3CCCC3)cc2N1. The van der Waals surface area contributed by atoms with Crippen LogP contribution in [0.15, 0.2) is 6.07 Å². The van der Waals surface area contributed by atoms with Crippen LogP contribution >= 0.6 is 0 Å². The van der Waals surface area contributed by atoms with Crippen molar-refractivity contribution in [2.45, 2.75) is 63.2 Å². The van der Waals surface area contributed by atoms with Gasteiger partial charge in [0, 0.05) is 18.0 Å². The molecule has 3 nitrogen and oxygen atoms in total. The van der Waals surface area contributed by atoms with Crippen LogP contribution in [0, 0.1) is 0 Å². The van der Waals surface area contributed by atoms with Gasteiger partial charge in [0.25, 0.3) is 0 Å². The number of nitrogens with one attached hydrogen (secondary N) is 1. The molecule has 0 amide bonds. The highest BCUT2D eigenvalue weighted by Crippen LogP contribution is 2.41. The molecule has 2 unspecified atom stereocenters. The molecule has 1 fully saturated rings. The fourth-order valence-corrected chi connectivity index (χ4v) is 3.20. The summed E-state index contributed by atoms with van der Waals surface area (Å²) >= 11 is 0. The number of halogens is 3. The molecule has 1 aliphatic heterocycles. The Labute approximate surface area is 110 Å². The number of anilines is 1. The number of rotatable bonds is 1. The van der Waals surface area contributed by atoms with Gasteiger partial charge in [0.1, 0.15) is 5.82 Å². The summed E-state index contributed by atoms with van der Waals surface area (Å²) in [7, 11) is 0. The first-order valence-corrected chi connectivity index (χ1v) is 6.88. The highest BCUT2D eigenvalue weighted by molar-refractivity contribution is 5.41. The summed E-state index contributed by atoms with van der Waals surface area (Å²) in [4.78, 5) is 0. The summed E-state index contributed by atoms with van der Waals surface area (Å²) in [6.45, 7) is 1.78. The Morgan fingerprint density at radius 1 is 1.32 bits per heavy atom. The second-order valence-electron chi connectivity index (χ2n) is 5.72. The Bertz CT molecular complexity index is 460. The molecule has 3 rings (SSSR count). The lowest BCUT2D eigenvalue weighted by Crippen LogP contribution is -2.37. The van der Waals surface area contributed by atoms with Crippen LogP contribution in [0.2, 0.25) is 0 Å². The lowest BCUT2D eigenvalue weighted by molar-refractivity contribution is -0.173. The second kappa shape index (κ2) is 4.42. The molecule has 1 aromatic rings. The van der Waals surface area contributed by atoms with Crippen LogP contribution in [-0.2, 0) is 0 Å². The van der Waals surface area contributed by atoms with Crippen molar-refractivity contribution in [2.75, 3.05) is 5.32 Å².